The van der Waals surface area contributed by atoms with Crippen molar-refractivity contribution in [2.45, 2.75) is 12.8 Å². The van der Waals surface area contributed by atoms with Gasteiger partial charge < -0.3 is 14.8 Å². The number of para-hydroxylation sites is 2. The van der Waals surface area contributed by atoms with Crippen LogP contribution in [0.1, 0.15) is 12.8 Å². The van der Waals surface area contributed by atoms with Crippen molar-refractivity contribution in [3.8, 4) is 11.5 Å². The molecule has 128 valence electrons. The molecule has 1 aromatic rings. The number of nitrogens with one attached hydrogen (secondary N) is 1. The summed E-state index contributed by atoms with van der Waals surface area (Å²) in [4.78, 5) is 11.7. The van der Waals surface area contributed by atoms with E-state index in [1.807, 2.05) is 0 Å². The molecule has 0 bridgehead atoms. The van der Waals surface area contributed by atoms with Crippen molar-refractivity contribution in [3.63, 3.8) is 0 Å². The van der Waals surface area contributed by atoms with E-state index >= 15 is 0 Å². The lowest BCUT2D eigenvalue weighted by Crippen LogP contribution is -2.37. The number of hydrogen-bond donors (Lipinski definition) is 1. The highest BCUT2D eigenvalue weighted by atomic mass is 32.2. The summed E-state index contributed by atoms with van der Waals surface area (Å²) < 4.78 is 36.0. The molecule has 2 rings (SSSR count). The molecule has 1 N–H and O–H groups in total. The van der Waals surface area contributed by atoms with Crippen molar-refractivity contribution in [1.29, 1.82) is 0 Å². The molecule has 1 heterocycles. The summed E-state index contributed by atoms with van der Waals surface area (Å²) in [5.74, 6) is 0.548. The number of amides is 1. The highest BCUT2D eigenvalue weighted by Gasteiger charge is 2.24. The molecule has 1 amide bonds. The van der Waals surface area contributed by atoms with E-state index in [2.05, 4.69) is 5.32 Å². The third-order valence-corrected chi connectivity index (χ3v) is 5.44. The Morgan fingerprint density at radius 1 is 1.22 bits per heavy atom. The van der Waals surface area contributed by atoms with Crippen molar-refractivity contribution in [2.24, 2.45) is 0 Å². The van der Waals surface area contributed by atoms with E-state index < -0.39 is 10.0 Å². The van der Waals surface area contributed by atoms with Crippen LogP contribution in [0.4, 0.5) is 0 Å². The van der Waals surface area contributed by atoms with Gasteiger partial charge in [-0.2, -0.15) is 0 Å². The zero-order valence-electron chi connectivity index (χ0n) is 13.2. The Labute approximate surface area is 136 Å². The van der Waals surface area contributed by atoms with Crippen LogP contribution >= 0.6 is 0 Å². The van der Waals surface area contributed by atoms with Gasteiger partial charge in [0.1, 0.15) is 0 Å². The summed E-state index contributed by atoms with van der Waals surface area (Å²) >= 11 is 0. The van der Waals surface area contributed by atoms with Crippen LogP contribution in [-0.4, -0.2) is 57.7 Å². The van der Waals surface area contributed by atoms with Crippen LogP contribution in [0.25, 0.3) is 0 Å². The molecule has 23 heavy (non-hydrogen) atoms. The summed E-state index contributed by atoms with van der Waals surface area (Å²) in [5.41, 5.74) is 0. The second kappa shape index (κ2) is 8.16. The SMILES string of the molecule is COc1ccccc1OCC(=O)NCCS(=O)(=O)N1CCCC1. The summed E-state index contributed by atoms with van der Waals surface area (Å²) in [6, 6.07) is 7.01. The van der Waals surface area contributed by atoms with Gasteiger partial charge in [-0.05, 0) is 25.0 Å². The fourth-order valence-corrected chi connectivity index (χ4v) is 3.78. The maximum atomic E-state index is 12.0. The van der Waals surface area contributed by atoms with E-state index in [0.717, 1.165) is 12.8 Å². The smallest absolute Gasteiger partial charge is 0.257 e. The van der Waals surface area contributed by atoms with Crippen LogP contribution in [0.5, 0.6) is 11.5 Å². The molecular formula is C15H22N2O5S. The Bertz CT molecular complexity index is 627. The van der Waals surface area contributed by atoms with Gasteiger partial charge >= 0.3 is 0 Å². The highest BCUT2D eigenvalue weighted by Crippen LogP contribution is 2.25. The lowest BCUT2D eigenvalue weighted by Gasteiger charge is -2.15. The number of ether oxygens (including phenoxy) is 2. The molecule has 1 fully saturated rings. The van der Waals surface area contributed by atoms with Gasteiger partial charge in [-0.15, -0.1) is 0 Å². The number of carbonyl (C=O) groups excluding carboxylic acids is 1. The molecule has 0 spiro atoms. The Balaban J connectivity index is 1.73. The lowest BCUT2D eigenvalue weighted by molar-refractivity contribution is -0.122. The second-order valence-electron chi connectivity index (χ2n) is 5.21. The molecule has 8 heteroatoms. The Morgan fingerprint density at radius 2 is 1.87 bits per heavy atom. The van der Waals surface area contributed by atoms with E-state index in [1.165, 1.54) is 11.4 Å². The first-order chi connectivity index (χ1) is 11.0. The van der Waals surface area contributed by atoms with Crippen LogP contribution in [0.3, 0.4) is 0 Å². The van der Waals surface area contributed by atoms with Gasteiger partial charge in [0.15, 0.2) is 18.1 Å². The quantitative estimate of drug-likeness (QED) is 0.748. The van der Waals surface area contributed by atoms with Gasteiger partial charge in [-0.3, -0.25) is 4.79 Å². The fraction of sp³-hybridized carbons (Fsp3) is 0.533. The normalized spacial score (nSPS) is 15.3. The summed E-state index contributed by atoms with van der Waals surface area (Å²) in [6.07, 6.45) is 1.80. The van der Waals surface area contributed by atoms with Crippen molar-refractivity contribution in [1.82, 2.24) is 9.62 Å². The molecule has 0 saturated carbocycles. The van der Waals surface area contributed by atoms with E-state index in [9.17, 15) is 13.2 Å². The minimum absolute atomic E-state index is 0.0763. The molecule has 7 nitrogen and oxygen atoms in total. The predicted octanol–water partition coefficient (Wildman–Crippen LogP) is 0.616. The summed E-state index contributed by atoms with van der Waals surface area (Å²) in [6.45, 7) is 1.04. The first kappa shape index (κ1) is 17.6. The maximum absolute atomic E-state index is 12.0. The molecule has 1 saturated heterocycles. The Kier molecular flexibility index (Phi) is 6.23. The Morgan fingerprint density at radius 3 is 2.52 bits per heavy atom. The lowest BCUT2D eigenvalue weighted by atomic mass is 10.3. The monoisotopic (exact) mass is 342 g/mol. The summed E-state index contributed by atoms with van der Waals surface area (Å²) in [7, 11) is -1.76. The predicted molar refractivity (Wildman–Crippen MR) is 86.1 cm³/mol. The number of methoxy groups -OCH3 is 1. The number of nitrogens with zero attached hydrogens (tertiary/aromatic N) is 1. The minimum atomic E-state index is -3.28. The average molecular weight is 342 g/mol. The number of benzene rings is 1. The van der Waals surface area contributed by atoms with Crippen molar-refractivity contribution >= 4 is 15.9 Å². The molecule has 0 unspecified atom stereocenters. The van der Waals surface area contributed by atoms with Gasteiger partial charge in [0.05, 0.1) is 12.9 Å². The van der Waals surface area contributed by atoms with Gasteiger partial charge in [-0.25, -0.2) is 12.7 Å². The van der Waals surface area contributed by atoms with Gasteiger partial charge in [0.2, 0.25) is 10.0 Å². The van der Waals surface area contributed by atoms with Gasteiger partial charge in [0.25, 0.3) is 5.91 Å². The van der Waals surface area contributed by atoms with Crippen LogP contribution in [0, 0.1) is 0 Å². The first-order valence-corrected chi connectivity index (χ1v) is 9.14. The van der Waals surface area contributed by atoms with Crippen molar-refractivity contribution < 1.29 is 22.7 Å². The topological polar surface area (TPSA) is 84.9 Å². The number of rotatable bonds is 8. The van der Waals surface area contributed by atoms with E-state index in [-0.39, 0.29) is 24.8 Å². The second-order valence-corrected chi connectivity index (χ2v) is 7.30. The standard InChI is InChI=1S/C15H22N2O5S/c1-21-13-6-2-3-7-14(13)22-12-15(18)16-8-11-23(19,20)17-9-4-5-10-17/h2-3,6-7H,4-5,8-12H2,1H3,(H,16,18). The number of carbonyl (C=O) groups is 1. The van der Waals surface area contributed by atoms with Crippen molar-refractivity contribution in [2.75, 3.05) is 39.1 Å². The Hall–Kier alpha value is -1.80. The average Bonchev–Trinajstić information content (AvgIpc) is 3.08. The first-order valence-electron chi connectivity index (χ1n) is 7.53. The van der Waals surface area contributed by atoms with Crippen LogP contribution < -0.4 is 14.8 Å². The third kappa shape index (κ3) is 5.11. The maximum Gasteiger partial charge on any atom is 0.257 e. The molecule has 1 aromatic carbocycles. The van der Waals surface area contributed by atoms with Crippen LogP contribution in [0.2, 0.25) is 0 Å². The molecule has 1 aliphatic rings. The molecular weight excluding hydrogens is 320 g/mol. The largest absolute Gasteiger partial charge is 0.493 e. The van der Waals surface area contributed by atoms with E-state index in [4.69, 9.17) is 9.47 Å². The zero-order valence-corrected chi connectivity index (χ0v) is 14.0. The van der Waals surface area contributed by atoms with E-state index in [1.54, 1.807) is 24.3 Å². The van der Waals surface area contributed by atoms with Gasteiger partial charge in [-0.1, -0.05) is 12.1 Å². The fourth-order valence-electron chi connectivity index (χ4n) is 2.35. The molecule has 0 radical (unpaired) electrons. The molecule has 0 aliphatic carbocycles. The van der Waals surface area contributed by atoms with Crippen molar-refractivity contribution in [3.05, 3.63) is 24.3 Å². The van der Waals surface area contributed by atoms with Crippen LogP contribution in [-0.2, 0) is 14.8 Å². The minimum Gasteiger partial charge on any atom is -0.493 e. The van der Waals surface area contributed by atoms with Crippen LogP contribution in [0.15, 0.2) is 24.3 Å². The highest BCUT2D eigenvalue weighted by molar-refractivity contribution is 7.89. The molecule has 0 aromatic heterocycles. The number of sulfonamides is 1. The number of hydrogen-bond acceptors (Lipinski definition) is 5. The molecule has 1 aliphatic heterocycles. The zero-order chi connectivity index (χ0) is 16.7. The molecule has 0 atom stereocenters. The third-order valence-electron chi connectivity index (χ3n) is 3.57. The van der Waals surface area contributed by atoms with E-state index in [0.29, 0.717) is 24.6 Å². The van der Waals surface area contributed by atoms with Gasteiger partial charge in [0, 0.05) is 19.6 Å². The summed E-state index contributed by atoms with van der Waals surface area (Å²) in [5, 5.41) is 2.56.